The van der Waals surface area contributed by atoms with Crippen molar-refractivity contribution in [3.63, 3.8) is 0 Å². The lowest BCUT2D eigenvalue weighted by molar-refractivity contribution is 0.552. The maximum absolute atomic E-state index is 5.33. The average Bonchev–Trinajstić information content (AvgIpc) is 2.89. The van der Waals surface area contributed by atoms with Gasteiger partial charge in [0.2, 0.25) is 0 Å². The highest BCUT2D eigenvalue weighted by atomic mass is 32.1. The molecule has 0 fully saturated rings. The van der Waals surface area contributed by atoms with Crippen LogP contribution >= 0.6 is 11.3 Å². The second kappa shape index (κ2) is 5.79. The van der Waals surface area contributed by atoms with Crippen molar-refractivity contribution < 1.29 is 0 Å². The van der Waals surface area contributed by atoms with Gasteiger partial charge < -0.3 is 10.7 Å². The van der Waals surface area contributed by atoms with Gasteiger partial charge in [-0.05, 0) is 17.4 Å². The van der Waals surface area contributed by atoms with Gasteiger partial charge >= 0.3 is 0 Å². The Bertz CT molecular complexity index is 483. The Morgan fingerprint density at radius 2 is 2.06 bits per heavy atom. The van der Waals surface area contributed by atoms with Crippen molar-refractivity contribution in [3.8, 4) is 0 Å². The average molecular weight is 263 g/mol. The molecule has 0 saturated heterocycles. The lowest BCUT2D eigenvalue weighted by atomic mass is 10.0. The highest BCUT2D eigenvalue weighted by molar-refractivity contribution is 7.10. The van der Waals surface area contributed by atoms with Crippen molar-refractivity contribution in [2.45, 2.75) is 19.9 Å². The molecule has 2 rings (SSSR count). The van der Waals surface area contributed by atoms with E-state index in [-0.39, 0.29) is 6.04 Å². The third-order valence-corrected chi connectivity index (χ3v) is 3.56. The second-order valence-electron chi connectivity index (χ2n) is 4.32. The fourth-order valence-corrected chi connectivity index (χ4v) is 2.65. The molecule has 2 aromatic rings. The highest BCUT2D eigenvalue weighted by Crippen LogP contribution is 2.29. The van der Waals surface area contributed by atoms with E-state index in [0.717, 1.165) is 5.82 Å². The van der Waals surface area contributed by atoms with Gasteiger partial charge in [-0.1, -0.05) is 19.9 Å². The number of rotatable bonds is 5. The first kappa shape index (κ1) is 12.8. The van der Waals surface area contributed by atoms with Crippen LogP contribution in [-0.2, 0) is 0 Å². The van der Waals surface area contributed by atoms with Gasteiger partial charge in [-0.15, -0.1) is 11.3 Å². The molecule has 1 unspecified atom stereocenters. The molecule has 0 aliphatic heterocycles. The predicted molar refractivity (Wildman–Crippen MR) is 75.4 cm³/mol. The van der Waals surface area contributed by atoms with Crippen molar-refractivity contribution in [1.82, 2.24) is 9.97 Å². The molecule has 0 aliphatic rings. The second-order valence-corrected chi connectivity index (χ2v) is 5.29. The molecular weight excluding hydrogens is 246 g/mol. The fourth-order valence-electron chi connectivity index (χ4n) is 1.70. The number of nitrogen functional groups attached to an aromatic ring is 1. The molecule has 4 N–H and O–H groups in total. The summed E-state index contributed by atoms with van der Waals surface area (Å²) < 4.78 is 0. The van der Waals surface area contributed by atoms with Gasteiger partial charge in [0.25, 0.3) is 0 Å². The number of nitrogens with one attached hydrogen (secondary N) is 2. The van der Waals surface area contributed by atoms with E-state index in [1.165, 1.54) is 4.88 Å². The molecule has 0 spiro atoms. The zero-order valence-corrected chi connectivity index (χ0v) is 11.2. The minimum absolute atomic E-state index is 0.229. The van der Waals surface area contributed by atoms with Crippen molar-refractivity contribution in [1.29, 1.82) is 0 Å². The summed E-state index contributed by atoms with van der Waals surface area (Å²) in [6, 6.07) is 4.41. The molecule has 0 aromatic carbocycles. The van der Waals surface area contributed by atoms with Gasteiger partial charge in [-0.25, -0.2) is 10.8 Å². The Morgan fingerprint density at radius 1 is 1.28 bits per heavy atom. The quantitative estimate of drug-likeness (QED) is 0.571. The van der Waals surface area contributed by atoms with Crippen LogP contribution in [0, 0.1) is 5.92 Å². The van der Waals surface area contributed by atoms with Crippen LogP contribution in [-0.4, -0.2) is 9.97 Å². The maximum atomic E-state index is 5.33. The summed E-state index contributed by atoms with van der Waals surface area (Å²) in [4.78, 5) is 9.69. The predicted octanol–water partition coefficient (Wildman–Crippen LogP) is 2.63. The van der Waals surface area contributed by atoms with Crippen LogP contribution in [0.1, 0.15) is 24.8 Å². The number of aromatic nitrogens is 2. The van der Waals surface area contributed by atoms with Crippen molar-refractivity contribution in [2.24, 2.45) is 11.8 Å². The molecule has 18 heavy (non-hydrogen) atoms. The van der Waals surface area contributed by atoms with Crippen LogP contribution in [0.5, 0.6) is 0 Å². The summed E-state index contributed by atoms with van der Waals surface area (Å²) in [5.41, 5.74) is 2.49. The van der Waals surface area contributed by atoms with E-state index >= 15 is 0 Å². The van der Waals surface area contributed by atoms with E-state index in [0.29, 0.717) is 11.7 Å². The van der Waals surface area contributed by atoms with Crippen LogP contribution in [0.15, 0.2) is 29.9 Å². The van der Waals surface area contributed by atoms with E-state index in [1.54, 1.807) is 23.7 Å². The first-order chi connectivity index (χ1) is 8.70. The third kappa shape index (κ3) is 2.96. The van der Waals surface area contributed by atoms with Crippen LogP contribution in [0.2, 0.25) is 0 Å². The lowest BCUT2D eigenvalue weighted by Gasteiger charge is -2.21. The summed E-state index contributed by atoms with van der Waals surface area (Å²) in [6.45, 7) is 4.35. The Kier molecular flexibility index (Phi) is 4.11. The van der Waals surface area contributed by atoms with Crippen LogP contribution in [0.3, 0.4) is 0 Å². The molecule has 0 saturated carbocycles. The Hall–Kier alpha value is -1.66. The zero-order chi connectivity index (χ0) is 13.0. The van der Waals surface area contributed by atoms with Gasteiger partial charge in [0.05, 0.1) is 18.4 Å². The monoisotopic (exact) mass is 263 g/mol. The molecular formula is C12H17N5S. The number of hydrazine groups is 1. The number of anilines is 2. The van der Waals surface area contributed by atoms with Gasteiger partial charge in [0.15, 0.2) is 5.82 Å². The van der Waals surface area contributed by atoms with Crippen molar-refractivity contribution in [3.05, 3.63) is 34.8 Å². The SMILES string of the molecule is CC(C)C(Nc1cncc(NN)n1)c1cccs1. The molecule has 2 heterocycles. The maximum Gasteiger partial charge on any atom is 0.160 e. The molecule has 1 atom stereocenters. The molecule has 0 bridgehead atoms. The summed E-state index contributed by atoms with van der Waals surface area (Å²) in [5.74, 6) is 7.05. The van der Waals surface area contributed by atoms with E-state index < -0.39 is 0 Å². The van der Waals surface area contributed by atoms with Gasteiger partial charge in [0, 0.05) is 4.88 Å². The van der Waals surface area contributed by atoms with Crippen LogP contribution in [0.4, 0.5) is 11.6 Å². The minimum atomic E-state index is 0.229. The number of thiophene rings is 1. The summed E-state index contributed by atoms with van der Waals surface area (Å²) in [7, 11) is 0. The molecule has 0 aliphatic carbocycles. The van der Waals surface area contributed by atoms with Gasteiger partial charge in [-0.2, -0.15) is 0 Å². The zero-order valence-electron chi connectivity index (χ0n) is 10.4. The molecule has 0 radical (unpaired) electrons. The van der Waals surface area contributed by atoms with Crippen LogP contribution in [0.25, 0.3) is 0 Å². The molecule has 0 amide bonds. The standard InChI is InChI=1S/C12H17N5S/c1-8(2)12(9-4-3-5-18-9)16-10-6-14-7-11(15-10)17-13/h3-8,12H,13H2,1-2H3,(H2,15,16,17). The largest absolute Gasteiger partial charge is 0.361 e. The van der Waals surface area contributed by atoms with E-state index in [2.05, 4.69) is 52.1 Å². The first-order valence-electron chi connectivity index (χ1n) is 5.79. The summed E-state index contributed by atoms with van der Waals surface area (Å²) in [5, 5.41) is 5.48. The smallest absolute Gasteiger partial charge is 0.160 e. The highest BCUT2D eigenvalue weighted by Gasteiger charge is 2.17. The molecule has 2 aromatic heterocycles. The topological polar surface area (TPSA) is 75.9 Å². The van der Waals surface area contributed by atoms with Crippen molar-refractivity contribution in [2.75, 3.05) is 10.7 Å². The summed E-state index contributed by atoms with van der Waals surface area (Å²) >= 11 is 1.74. The van der Waals surface area contributed by atoms with Gasteiger partial charge in [0.1, 0.15) is 5.82 Å². The van der Waals surface area contributed by atoms with Crippen LogP contribution < -0.4 is 16.6 Å². The number of nitrogens with two attached hydrogens (primary N) is 1. The summed E-state index contributed by atoms with van der Waals surface area (Å²) in [6.07, 6.45) is 3.28. The minimum Gasteiger partial charge on any atom is -0.361 e. The fraction of sp³-hybridized carbons (Fsp3) is 0.333. The first-order valence-corrected chi connectivity index (χ1v) is 6.67. The van der Waals surface area contributed by atoms with E-state index in [1.807, 2.05) is 0 Å². The molecule has 96 valence electrons. The Balaban J connectivity index is 2.18. The molecule has 6 heteroatoms. The van der Waals surface area contributed by atoms with Crippen molar-refractivity contribution >= 4 is 23.0 Å². The third-order valence-electron chi connectivity index (χ3n) is 2.60. The number of hydrogen-bond acceptors (Lipinski definition) is 6. The van der Waals surface area contributed by atoms with E-state index in [4.69, 9.17) is 5.84 Å². The Labute approximate surface area is 110 Å². The Morgan fingerprint density at radius 3 is 2.67 bits per heavy atom. The van der Waals surface area contributed by atoms with Gasteiger partial charge in [-0.3, -0.25) is 4.98 Å². The molecule has 5 nitrogen and oxygen atoms in total. The lowest BCUT2D eigenvalue weighted by Crippen LogP contribution is -2.17. The normalized spacial score (nSPS) is 12.4. The van der Waals surface area contributed by atoms with E-state index in [9.17, 15) is 0 Å². The number of hydrogen-bond donors (Lipinski definition) is 3. The number of nitrogens with zero attached hydrogens (tertiary/aromatic N) is 2.